The fourth-order valence-corrected chi connectivity index (χ4v) is 3.08. The Morgan fingerprint density at radius 1 is 1.47 bits per heavy atom. The number of aryl methyl sites for hydroxylation is 1. The SMILES string of the molecule is Cc1cc2c(n1CC(C)(C)S(C)(=O)=O)CCCC2N. The highest BCUT2D eigenvalue weighted by Gasteiger charge is 2.33. The number of sulfone groups is 1. The van der Waals surface area contributed by atoms with Crippen molar-refractivity contribution in [3.8, 4) is 0 Å². The molecular weight excluding hydrogens is 260 g/mol. The number of fused-ring (bicyclic) bond motifs is 1. The van der Waals surface area contributed by atoms with E-state index >= 15 is 0 Å². The molecule has 1 aromatic heterocycles. The molecule has 1 heterocycles. The average Bonchev–Trinajstić information content (AvgIpc) is 2.56. The summed E-state index contributed by atoms with van der Waals surface area (Å²) in [6.45, 7) is 6.11. The minimum Gasteiger partial charge on any atom is -0.347 e. The maximum Gasteiger partial charge on any atom is 0.154 e. The van der Waals surface area contributed by atoms with Crippen LogP contribution in [0.4, 0.5) is 0 Å². The molecule has 0 aliphatic heterocycles. The average molecular weight is 284 g/mol. The van der Waals surface area contributed by atoms with Crippen LogP contribution < -0.4 is 5.73 Å². The molecule has 0 aromatic carbocycles. The first kappa shape index (κ1) is 14.6. The van der Waals surface area contributed by atoms with E-state index in [1.54, 1.807) is 13.8 Å². The molecule has 5 heteroatoms. The molecule has 0 spiro atoms. The minimum absolute atomic E-state index is 0.102. The molecular formula is C14H24N2O2S. The molecule has 0 saturated heterocycles. The maximum absolute atomic E-state index is 11.9. The van der Waals surface area contributed by atoms with Crippen molar-refractivity contribution in [1.82, 2.24) is 4.57 Å². The molecule has 1 aromatic rings. The lowest BCUT2D eigenvalue weighted by Gasteiger charge is -2.27. The number of hydrogen-bond donors (Lipinski definition) is 1. The maximum atomic E-state index is 11.9. The van der Waals surface area contributed by atoms with Gasteiger partial charge in [-0.25, -0.2) is 8.42 Å². The predicted octanol–water partition coefficient (Wildman–Crippen LogP) is 1.96. The van der Waals surface area contributed by atoms with Crippen LogP contribution in [0.1, 0.15) is 49.7 Å². The van der Waals surface area contributed by atoms with Crippen LogP contribution in [0.5, 0.6) is 0 Å². The Labute approximate surface area is 115 Å². The Hall–Kier alpha value is -0.810. The van der Waals surface area contributed by atoms with Crippen molar-refractivity contribution in [2.45, 2.75) is 57.4 Å². The second kappa shape index (κ2) is 4.63. The fourth-order valence-electron chi connectivity index (χ4n) is 2.72. The summed E-state index contributed by atoms with van der Waals surface area (Å²) < 4.78 is 25.2. The van der Waals surface area contributed by atoms with Gasteiger partial charge in [-0.3, -0.25) is 0 Å². The molecule has 0 bridgehead atoms. The summed E-state index contributed by atoms with van der Waals surface area (Å²) in [5.41, 5.74) is 9.69. The van der Waals surface area contributed by atoms with Crippen molar-refractivity contribution in [3.63, 3.8) is 0 Å². The highest BCUT2D eigenvalue weighted by molar-refractivity contribution is 7.92. The second-order valence-electron chi connectivity index (χ2n) is 6.30. The van der Waals surface area contributed by atoms with E-state index in [4.69, 9.17) is 5.73 Å². The summed E-state index contributed by atoms with van der Waals surface area (Å²) in [5.74, 6) is 0. The van der Waals surface area contributed by atoms with Gasteiger partial charge in [0.1, 0.15) is 0 Å². The summed E-state index contributed by atoms with van der Waals surface area (Å²) in [5, 5.41) is 0. The largest absolute Gasteiger partial charge is 0.347 e. The van der Waals surface area contributed by atoms with E-state index in [0.717, 1.165) is 25.0 Å². The molecule has 0 saturated carbocycles. The summed E-state index contributed by atoms with van der Waals surface area (Å²) in [6, 6.07) is 2.22. The molecule has 4 nitrogen and oxygen atoms in total. The van der Waals surface area contributed by atoms with Crippen molar-refractivity contribution in [1.29, 1.82) is 0 Å². The molecule has 0 amide bonds. The van der Waals surface area contributed by atoms with Crippen molar-refractivity contribution < 1.29 is 8.42 Å². The highest BCUT2D eigenvalue weighted by atomic mass is 32.2. The summed E-state index contributed by atoms with van der Waals surface area (Å²) in [4.78, 5) is 0. The van der Waals surface area contributed by atoms with Gasteiger partial charge in [0.15, 0.2) is 9.84 Å². The van der Waals surface area contributed by atoms with E-state index < -0.39 is 14.6 Å². The monoisotopic (exact) mass is 284 g/mol. The van der Waals surface area contributed by atoms with E-state index in [2.05, 4.69) is 10.6 Å². The van der Waals surface area contributed by atoms with Gasteiger partial charge in [-0.05, 0) is 51.7 Å². The van der Waals surface area contributed by atoms with Crippen molar-refractivity contribution >= 4 is 9.84 Å². The van der Waals surface area contributed by atoms with Crippen molar-refractivity contribution in [3.05, 3.63) is 23.0 Å². The molecule has 0 fully saturated rings. The van der Waals surface area contributed by atoms with E-state index in [9.17, 15) is 8.42 Å². The van der Waals surface area contributed by atoms with Crippen LogP contribution in [-0.2, 0) is 22.8 Å². The third-order valence-electron chi connectivity index (χ3n) is 4.32. The second-order valence-corrected chi connectivity index (χ2v) is 8.95. The Kier molecular flexibility index (Phi) is 3.56. The van der Waals surface area contributed by atoms with E-state index in [0.29, 0.717) is 6.54 Å². The number of rotatable bonds is 3. The highest BCUT2D eigenvalue weighted by Crippen LogP contribution is 2.32. The first-order valence-corrected chi connectivity index (χ1v) is 8.67. The first-order valence-electron chi connectivity index (χ1n) is 6.77. The minimum atomic E-state index is -3.09. The molecule has 1 aliphatic rings. The van der Waals surface area contributed by atoms with Gasteiger partial charge in [0, 0.05) is 30.2 Å². The van der Waals surface area contributed by atoms with Crippen LogP contribution in [0, 0.1) is 6.92 Å². The molecule has 2 rings (SSSR count). The van der Waals surface area contributed by atoms with Gasteiger partial charge < -0.3 is 10.3 Å². The molecule has 2 N–H and O–H groups in total. The molecule has 1 atom stereocenters. The molecule has 1 unspecified atom stereocenters. The van der Waals surface area contributed by atoms with Crippen molar-refractivity contribution in [2.24, 2.45) is 5.73 Å². The Bertz CT molecular complexity index is 585. The molecule has 1 aliphatic carbocycles. The third kappa shape index (κ3) is 2.58. The first-order chi connectivity index (χ1) is 8.63. The van der Waals surface area contributed by atoms with E-state index in [1.165, 1.54) is 17.5 Å². The molecule has 19 heavy (non-hydrogen) atoms. The Morgan fingerprint density at radius 3 is 2.68 bits per heavy atom. The van der Waals surface area contributed by atoms with Crippen LogP contribution in [0.3, 0.4) is 0 Å². The van der Waals surface area contributed by atoms with Gasteiger partial charge in [0.25, 0.3) is 0 Å². The normalized spacial score (nSPS) is 20.4. The lowest BCUT2D eigenvalue weighted by molar-refractivity contribution is 0.476. The summed E-state index contributed by atoms with van der Waals surface area (Å²) >= 11 is 0. The number of aromatic nitrogens is 1. The predicted molar refractivity (Wildman–Crippen MR) is 78.0 cm³/mol. The summed E-state index contributed by atoms with van der Waals surface area (Å²) in [6.07, 6.45) is 4.41. The lowest BCUT2D eigenvalue weighted by atomic mass is 9.93. The Morgan fingerprint density at radius 2 is 2.11 bits per heavy atom. The summed E-state index contributed by atoms with van der Waals surface area (Å²) in [7, 11) is -3.09. The van der Waals surface area contributed by atoms with E-state index in [1.807, 2.05) is 6.92 Å². The van der Waals surface area contributed by atoms with Gasteiger partial charge in [-0.15, -0.1) is 0 Å². The number of hydrogen-bond acceptors (Lipinski definition) is 3. The van der Waals surface area contributed by atoms with Crippen LogP contribution in [0.2, 0.25) is 0 Å². The fraction of sp³-hybridized carbons (Fsp3) is 0.714. The van der Waals surface area contributed by atoms with Crippen LogP contribution >= 0.6 is 0 Å². The topological polar surface area (TPSA) is 65.1 Å². The quantitative estimate of drug-likeness (QED) is 0.922. The van der Waals surface area contributed by atoms with E-state index in [-0.39, 0.29) is 6.04 Å². The van der Waals surface area contributed by atoms with Gasteiger partial charge in [0.05, 0.1) is 4.75 Å². The Balaban J connectivity index is 2.42. The van der Waals surface area contributed by atoms with Gasteiger partial charge in [-0.1, -0.05) is 0 Å². The smallest absolute Gasteiger partial charge is 0.154 e. The van der Waals surface area contributed by atoms with Crippen LogP contribution in [-0.4, -0.2) is 24.0 Å². The van der Waals surface area contributed by atoms with Gasteiger partial charge >= 0.3 is 0 Å². The van der Waals surface area contributed by atoms with Crippen LogP contribution in [0.25, 0.3) is 0 Å². The zero-order chi connectivity index (χ0) is 14.4. The molecule has 108 valence electrons. The standard InChI is InChI=1S/C14H24N2O2S/c1-10-8-11-12(15)6-5-7-13(11)16(10)9-14(2,3)19(4,17)18/h8,12H,5-7,9,15H2,1-4H3. The van der Waals surface area contributed by atoms with Gasteiger partial charge in [-0.2, -0.15) is 0 Å². The zero-order valence-electron chi connectivity index (χ0n) is 12.2. The van der Waals surface area contributed by atoms with Crippen molar-refractivity contribution in [2.75, 3.05) is 6.26 Å². The molecule has 0 radical (unpaired) electrons. The third-order valence-corrected chi connectivity index (χ3v) is 6.46. The zero-order valence-corrected chi connectivity index (χ0v) is 13.0. The van der Waals surface area contributed by atoms with Crippen LogP contribution in [0.15, 0.2) is 6.07 Å². The lowest BCUT2D eigenvalue weighted by Crippen LogP contribution is -2.36. The van der Waals surface area contributed by atoms with Gasteiger partial charge in [0.2, 0.25) is 0 Å². The number of nitrogens with two attached hydrogens (primary N) is 1. The number of nitrogens with zero attached hydrogens (tertiary/aromatic N) is 1.